The third-order valence-electron chi connectivity index (χ3n) is 1.85. The molecular weight excluding hydrogens is 158 g/mol. The second-order valence-electron chi connectivity index (χ2n) is 3.09. The van der Waals surface area contributed by atoms with Crippen LogP contribution in [0.4, 0.5) is 0 Å². The van der Waals surface area contributed by atoms with Gasteiger partial charge in [0.1, 0.15) is 0 Å². The molecular formula is C12H21N. The lowest BCUT2D eigenvalue weighted by molar-refractivity contribution is 0.809. The molecule has 13 heavy (non-hydrogen) atoms. The lowest BCUT2D eigenvalue weighted by Crippen LogP contribution is -2.05. The molecule has 1 heteroatoms. The van der Waals surface area contributed by atoms with Crippen molar-refractivity contribution < 1.29 is 0 Å². The average Bonchev–Trinajstić information content (AvgIpc) is 2.12. The lowest BCUT2D eigenvalue weighted by Gasteiger charge is -2.04. The first kappa shape index (κ1) is 12.0. The fraction of sp³-hybridized carbons (Fsp3) is 0.500. The summed E-state index contributed by atoms with van der Waals surface area (Å²) >= 11 is 0. The summed E-state index contributed by atoms with van der Waals surface area (Å²) in [4.78, 5) is 0. The topological polar surface area (TPSA) is 12.0 Å². The molecule has 0 aliphatic rings. The molecule has 1 N–H and O–H groups in total. The van der Waals surface area contributed by atoms with Gasteiger partial charge in [-0.15, -0.1) is 0 Å². The first-order valence-electron chi connectivity index (χ1n) is 4.91. The highest BCUT2D eigenvalue weighted by Gasteiger charge is 1.91. The Balaban J connectivity index is 3.98. The Kier molecular flexibility index (Phi) is 7.08. The zero-order valence-corrected chi connectivity index (χ0v) is 9.06. The summed E-state index contributed by atoms with van der Waals surface area (Å²) in [6, 6.07) is 0. The van der Waals surface area contributed by atoms with E-state index in [0.29, 0.717) is 0 Å². The molecule has 0 aliphatic carbocycles. The van der Waals surface area contributed by atoms with Crippen LogP contribution in [0, 0.1) is 0 Å². The van der Waals surface area contributed by atoms with E-state index >= 15 is 0 Å². The zero-order valence-electron chi connectivity index (χ0n) is 9.06. The molecule has 74 valence electrons. The fourth-order valence-corrected chi connectivity index (χ4v) is 1.16. The van der Waals surface area contributed by atoms with Crippen molar-refractivity contribution in [3.8, 4) is 0 Å². The smallest absolute Gasteiger partial charge is 0.00667 e. The van der Waals surface area contributed by atoms with Gasteiger partial charge in [-0.05, 0) is 19.8 Å². The minimum atomic E-state index is 0.945. The highest BCUT2D eigenvalue weighted by atomic mass is 14.8. The maximum atomic E-state index is 3.95. The Hall–Kier alpha value is -0.980. The summed E-state index contributed by atoms with van der Waals surface area (Å²) < 4.78 is 0. The molecule has 0 fully saturated rings. The van der Waals surface area contributed by atoms with Crippen molar-refractivity contribution >= 4 is 0 Å². The first-order valence-corrected chi connectivity index (χ1v) is 4.91. The molecule has 0 radical (unpaired) electrons. The largest absolute Gasteiger partial charge is 0.392 e. The minimum absolute atomic E-state index is 0.945. The summed E-state index contributed by atoms with van der Waals surface area (Å²) in [5.74, 6) is 0. The predicted octanol–water partition coefficient (Wildman–Crippen LogP) is 3.41. The SMILES string of the molecule is C=C(/C=C\C)C/C=C(/CCC)NC. The van der Waals surface area contributed by atoms with E-state index in [-0.39, 0.29) is 0 Å². The molecule has 0 saturated carbocycles. The standard InChI is InChI=1S/C12H21N/c1-5-7-11(3)9-10-12(13-4)8-6-2/h5,7,10,13H,3,6,8-9H2,1-2,4H3/b7-5-,12-10-. The molecule has 1 nitrogen and oxygen atoms in total. The predicted molar refractivity (Wildman–Crippen MR) is 60.6 cm³/mol. The van der Waals surface area contributed by atoms with E-state index in [4.69, 9.17) is 0 Å². The van der Waals surface area contributed by atoms with Gasteiger partial charge in [0.25, 0.3) is 0 Å². The number of nitrogens with one attached hydrogen (secondary N) is 1. The van der Waals surface area contributed by atoms with Crippen LogP contribution in [0.25, 0.3) is 0 Å². The van der Waals surface area contributed by atoms with Crippen LogP contribution in [0.15, 0.2) is 36.1 Å². The maximum Gasteiger partial charge on any atom is 0.00667 e. The van der Waals surface area contributed by atoms with Gasteiger partial charge in [-0.2, -0.15) is 0 Å². The minimum Gasteiger partial charge on any atom is -0.392 e. The highest BCUT2D eigenvalue weighted by molar-refractivity contribution is 5.18. The van der Waals surface area contributed by atoms with Gasteiger partial charge in [0.2, 0.25) is 0 Å². The zero-order chi connectivity index (χ0) is 10.1. The van der Waals surface area contributed by atoms with Crippen LogP contribution < -0.4 is 5.32 Å². The van der Waals surface area contributed by atoms with Crippen LogP contribution >= 0.6 is 0 Å². The average molecular weight is 179 g/mol. The third-order valence-corrected chi connectivity index (χ3v) is 1.85. The molecule has 0 atom stereocenters. The molecule has 0 heterocycles. The third kappa shape index (κ3) is 6.21. The van der Waals surface area contributed by atoms with Gasteiger partial charge in [-0.1, -0.05) is 43.7 Å². The van der Waals surface area contributed by atoms with E-state index in [9.17, 15) is 0 Å². The molecule has 0 aromatic heterocycles. The number of hydrogen-bond donors (Lipinski definition) is 1. The van der Waals surface area contributed by atoms with Crippen molar-refractivity contribution in [1.82, 2.24) is 5.32 Å². The molecule has 0 amide bonds. The van der Waals surface area contributed by atoms with E-state index in [1.807, 2.05) is 20.0 Å². The van der Waals surface area contributed by atoms with Gasteiger partial charge in [-0.25, -0.2) is 0 Å². The lowest BCUT2D eigenvalue weighted by atomic mass is 10.1. The van der Waals surface area contributed by atoms with Crippen LogP contribution in [0.5, 0.6) is 0 Å². The van der Waals surface area contributed by atoms with Crippen LogP contribution in [0.3, 0.4) is 0 Å². The van der Waals surface area contributed by atoms with E-state index in [1.54, 1.807) is 0 Å². The molecule has 0 bridgehead atoms. The van der Waals surface area contributed by atoms with Crippen LogP contribution in [-0.2, 0) is 0 Å². The van der Waals surface area contributed by atoms with E-state index in [2.05, 4.69) is 31.0 Å². The van der Waals surface area contributed by atoms with E-state index in [0.717, 1.165) is 18.4 Å². The first-order chi connectivity index (χ1) is 6.24. The number of hydrogen-bond acceptors (Lipinski definition) is 1. The maximum absolute atomic E-state index is 3.95. The van der Waals surface area contributed by atoms with Crippen molar-refractivity contribution in [2.45, 2.75) is 33.1 Å². The van der Waals surface area contributed by atoms with Crippen molar-refractivity contribution in [3.63, 3.8) is 0 Å². The second-order valence-corrected chi connectivity index (χ2v) is 3.09. The van der Waals surface area contributed by atoms with Crippen LogP contribution in [-0.4, -0.2) is 7.05 Å². The molecule has 0 saturated heterocycles. The Morgan fingerprint density at radius 1 is 1.46 bits per heavy atom. The second kappa shape index (κ2) is 7.66. The molecule has 0 aromatic rings. The van der Waals surface area contributed by atoms with Crippen LogP contribution in [0.2, 0.25) is 0 Å². The number of rotatable bonds is 6. The summed E-state index contributed by atoms with van der Waals surface area (Å²) in [5.41, 5.74) is 2.47. The van der Waals surface area contributed by atoms with Crippen molar-refractivity contribution in [2.24, 2.45) is 0 Å². The summed E-state index contributed by atoms with van der Waals surface area (Å²) in [6.45, 7) is 8.15. The Labute approximate surface area is 82.2 Å². The van der Waals surface area contributed by atoms with Crippen LogP contribution in [0.1, 0.15) is 33.1 Å². The molecule has 0 unspecified atom stereocenters. The molecule has 0 aromatic carbocycles. The van der Waals surface area contributed by atoms with E-state index in [1.165, 1.54) is 12.1 Å². The summed E-state index contributed by atoms with van der Waals surface area (Å²) in [5, 5.41) is 3.20. The number of allylic oxidation sites excluding steroid dienone is 5. The summed E-state index contributed by atoms with van der Waals surface area (Å²) in [7, 11) is 1.97. The van der Waals surface area contributed by atoms with Gasteiger partial charge >= 0.3 is 0 Å². The fourth-order valence-electron chi connectivity index (χ4n) is 1.16. The van der Waals surface area contributed by atoms with E-state index < -0.39 is 0 Å². The highest BCUT2D eigenvalue weighted by Crippen LogP contribution is 2.06. The van der Waals surface area contributed by atoms with Crippen molar-refractivity contribution in [2.75, 3.05) is 7.05 Å². The quantitative estimate of drug-likeness (QED) is 0.616. The molecule has 0 aliphatic heterocycles. The Bertz CT molecular complexity index is 199. The van der Waals surface area contributed by atoms with Crippen molar-refractivity contribution in [1.29, 1.82) is 0 Å². The normalized spacial score (nSPS) is 12.1. The Morgan fingerprint density at radius 3 is 2.62 bits per heavy atom. The monoisotopic (exact) mass is 179 g/mol. The van der Waals surface area contributed by atoms with Gasteiger partial charge in [0, 0.05) is 12.7 Å². The van der Waals surface area contributed by atoms with Crippen molar-refractivity contribution in [3.05, 3.63) is 36.1 Å². The van der Waals surface area contributed by atoms with Gasteiger partial charge in [0.15, 0.2) is 0 Å². The molecule has 0 rings (SSSR count). The Morgan fingerprint density at radius 2 is 2.15 bits per heavy atom. The molecule has 0 spiro atoms. The van der Waals surface area contributed by atoms with Gasteiger partial charge in [0.05, 0.1) is 0 Å². The van der Waals surface area contributed by atoms with Gasteiger partial charge in [-0.3, -0.25) is 0 Å². The van der Waals surface area contributed by atoms with Gasteiger partial charge < -0.3 is 5.32 Å². The summed E-state index contributed by atoms with van der Waals surface area (Å²) in [6.07, 6.45) is 9.54.